The molecule has 2 fully saturated rings. The van der Waals surface area contributed by atoms with Crippen molar-refractivity contribution in [3.8, 4) is 0 Å². The zero-order chi connectivity index (χ0) is 14.6. The molecule has 0 bridgehead atoms. The fraction of sp³-hybridized carbons (Fsp3) is 0.867. The molecule has 1 heterocycles. The normalized spacial score (nSPS) is 26.1. The maximum Gasteiger partial charge on any atom is 0.326 e. The van der Waals surface area contributed by atoms with E-state index >= 15 is 0 Å². The molecular weight excluding hydrogens is 256 g/mol. The molecule has 0 spiro atoms. The van der Waals surface area contributed by atoms with Crippen LogP contribution >= 0.6 is 0 Å². The van der Waals surface area contributed by atoms with Gasteiger partial charge in [0.2, 0.25) is 0 Å². The molecular formula is C15H26N2O3. The summed E-state index contributed by atoms with van der Waals surface area (Å²) < 4.78 is 0. The summed E-state index contributed by atoms with van der Waals surface area (Å²) >= 11 is 0. The van der Waals surface area contributed by atoms with Crippen molar-refractivity contribution in [2.75, 3.05) is 13.1 Å². The minimum atomic E-state index is -0.880. The molecule has 1 atom stereocenters. The molecule has 0 aromatic carbocycles. The van der Waals surface area contributed by atoms with Crippen LogP contribution < -0.4 is 5.32 Å². The number of urea groups is 1. The summed E-state index contributed by atoms with van der Waals surface area (Å²) in [6.45, 7) is 3.42. The summed E-state index contributed by atoms with van der Waals surface area (Å²) in [5.74, 6) is -0.880. The van der Waals surface area contributed by atoms with Crippen LogP contribution in [0.15, 0.2) is 0 Å². The average molecular weight is 282 g/mol. The van der Waals surface area contributed by atoms with Gasteiger partial charge in [0.1, 0.15) is 6.04 Å². The highest BCUT2D eigenvalue weighted by Crippen LogP contribution is 2.36. The number of nitrogens with one attached hydrogen (secondary N) is 1. The van der Waals surface area contributed by atoms with E-state index in [0.29, 0.717) is 19.5 Å². The van der Waals surface area contributed by atoms with Gasteiger partial charge in [-0.15, -0.1) is 0 Å². The van der Waals surface area contributed by atoms with Crippen LogP contribution in [0.2, 0.25) is 0 Å². The Balaban J connectivity index is 1.93. The number of nitrogens with zero attached hydrogens (tertiary/aromatic N) is 1. The van der Waals surface area contributed by atoms with Gasteiger partial charge in [0.15, 0.2) is 0 Å². The van der Waals surface area contributed by atoms with Crippen LogP contribution in [0.5, 0.6) is 0 Å². The molecule has 20 heavy (non-hydrogen) atoms. The van der Waals surface area contributed by atoms with Crippen molar-refractivity contribution in [1.82, 2.24) is 10.2 Å². The Morgan fingerprint density at radius 2 is 1.90 bits per heavy atom. The van der Waals surface area contributed by atoms with Gasteiger partial charge in [0, 0.05) is 13.1 Å². The van der Waals surface area contributed by atoms with E-state index < -0.39 is 12.0 Å². The molecule has 2 amide bonds. The SMILES string of the molecule is CC1(CNC(=O)N2CCCCCC2C(=O)O)CCCC1. The average Bonchev–Trinajstić information content (AvgIpc) is 2.70. The molecule has 5 heteroatoms. The monoisotopic (exact) mass is 282 g/mol. The van der Waals surface area contributed by atoms with Gasteiger partial charge < -0.3 is 15.3 Å². The lowest BCUT2D eigenvalue weighted by Gasteiger charge is -2.30. The van der Waals surface area contributed by atoms with Crippen molar-refractivity contribution in [1.29, 1.82) is 0 Å². The lowest BCUT2D eigenvalue weighted by Crippen LogP contribution is -2.50. The minimum Gasteiger partial charge on any atom is -0.480 e. The van der Waals surface area contributed by atoms with Gasteiger partial charge in [0.05, 0.1) is 0 Å². The van der Waals surface area contributed by atoms with E-state index in [1.54, 1.807) is 0 Å². The fourth-order valence-electron chi connectivity index (χ4n) is 3.40. The van der Waals surface area contributed by atoms with E-state index in [4.69, 9.17) is 0 Å². The number of hydrogen-bond acceptors (Lipinski definition) is 2. The Hall–Kier alpha value is -1.26. The van der Waals surface area contributed by atoms with Gasteiger partial charge in [0.25, 0.3) is 0 Å². The Morgan fingerprint density at radius 3 is 2.55 bits per heavy atom. The molecule has 0 radical (unpaired) electrons. The number of carboxylic acid groups (broad SMARTS) is 1. The van der Waals surface area contributed by atoms with Crippen LogP contribution in [-0.4, -0.2) is 41.1 Å². The van der Waals surface area contributed by atoms with Crippen molar-refractivity contribution < 1.29 is 14.7 Å². The second-order valence-corrected chi connectivity index (χ2v) is 6.57. The van der Waals surface area contributed by atoms with Crippen LogP contribution in [0.25, 0.3) is 0 Å². The van der Waals surface area contributed by atoms with E-state index in [1.807, 2.05) is 0 Å². The predicted octanol–water partition coefficient (Wildman–Crippen LogP) is 2.61. The van der Waals surface area contributed by atoms with Gasteiger partial charge >= 0.3 is 12.0 Å². The zero-order valence-electron chi connectivity index (χ0n) is 12.4. The molecule has 0 aromatic rings. The van der Waals surface area contributed by atoms with E-state index in [1.165, 1.54) is 17.7 Å². The first-order valence-corrected chi connectivity index (χ1v) is 7.79. The molecule has 114 valence electrons. The third-order valence-corrected chi connectivity index (χ3v) is 4.78. The highest BCUT2D eigenvalue weighted by Gasteiger charge is 2.33. The molecule has 1 saturated carbocycles. The quantitative estimate of drug-likeness (QED) is 0.836. The third kappa shape index (κ3) is 3.64. The van der Waals surface area contributed by atoms with Crippen LogP contribution in [0, 0.1) is 5.41 Å². The lowest BCUT2D eigenvalue weighted by molar-refractivity contribution is -0.142. The van der Waals surface area contributed by atoms with Crippen LogP contribution in [0.4, 0.5) is 4.79 Å². The van der Waals surface area contributed by atoms with Crippen molar-refractivity contribution in [3.05, 3.63) is 0 Å². The number of carbonyl (C=O) groups is 2. The van der Waals surface area contributed by atoms with Crippen molar-refractivity contribution in [2.24, 2.45) is 5.41 Å². The molecule has 2 N–H and O–H groups in total. The van der Waals surface area contributed by atoms with Gasteiger partial charge in [-0.1, -0.05) is 32.6 Å². The largest absolute Gasteiger partial charge is 0.480 e. The summed E-state index contributed by atoms with van der Waals surface area (Å²) in [6.07, 6.45) is 8.12. The molecule has 2 rings (SSSR count). The van der Waals surface area contributed by atoms with E-state index in [2.05, 4.69) is 12.2 Å². The summed E-state index contributed by atoms with van der Waals surface area (Å²) in [5, 5.41) is 12.3. The fourth-order valence-corrected chi connectivity index (χ4v) is 3.40. The zero-order valence-corrected chi connectivity index (χ0v) is 12.4. The van der Waals surface area contributed by atoms with Crippen LogP contribution in [0.1, 0.15) is 58.3 Å². The molecule has 5 nitrogen and oxygen atoms in total. The second-order valence-electron chi connectivity index (χ2n) is 6.57. The number of carboxylic acids is 1. The Morgan fingerprint density at radius 1 is 1.20 bits per heavy atom. The smallest absolute Gasteiger partial charge is 0.326 e. The first kappa shape index (κ1) is 15.1. The first-order chi connectivity index (χ1) is 9.52. The standard InChI is InChI=1S/C15H26N2O3/c1-15(8-4-5-9-15)11-16-14(20)17-10-6-2-3-7-12(17)13(18)19/h12H,2-11H2,1H3,(H,16,20)(H,18,19). The van der Waals surface area contributed by atoms with Gasteiger partial charge in [-0.05, 0) is 31.1 Å². The summed E-state index contributed by atoms with van der Waals surface area (Å²) in [7, 11) is 0. The third-order valence-electron chi connectivity index (χ3n) is 4.78. The summed E-state index contributed by atoms with van der Waals surface area (Å²) in [4.78, 5) is 25.2. The van der Waals surface area contributed by atoms with E-state index in [-0.39, 0.29) is 11.4 Å². The molecule has 1 aliphatic heterocycles. The Kier molecular flexibility index (Phi) is 4.89. The van der Waals surface area contributed by atoms with Crippen LogP contribution in [0.3, 0.4) is 0 Å². The van der Waals surface area contributed by atoms with Gasteiger partial charge in [-0.2, -0.15) is 0 Å². The number of amides is 2. The number of likely N-dealkylation sites (tertiary alicyclic amines) is 1. The van der Waals surface area contributed by atoms with Crippen molar-refractivity contribution in [3.63, 3.8) is 0 Å². The second kappa shape index (κ2) is 6.46. The number of aliphatic carboxylic acids is 1. The summed E-state index contributed by atoms with van der Waals surface area (Å²) in [5.41, 5.74) is 0.195. The van der Waals surface area contributed by atoms with Gasteiger partial charge in [-0.25, -0.2) is 9.59 Å². The minimum absolute atomic E-state index is 0.195. The number of carbonyl (C=O) groups excluding carboxylic acids is 1. The summed E-state index contributed by atoms with van der Waals surface area (Å²) in [6, 6.07) is -0.860. The first-order valence-electron chi connectivity index (χ1n) is 7.79. The van der Waals surface area contributed by atoms with E-state index in [0.717, 1.165) is 32.1 Å². The number of hydrogen-bond donors (Lipinski definition) is 2. The van der Waals surface area contributed by atoms with Crippen molar-refractivity contribution in [2.45, 2.75) is 64.3 Å². The highest BCUT2D eigenvalue weighted by molar-refractivity contribution is 5.82. The maximum atomic E-state index is 12.3. The molecule has 0 aromatic heterocycles. The van der Waals surface area contributed by atoms with E-state index in [9.17, 15) is 14.7 Å². The molecule has 1 aliphatic carbocycles. The topological polar surface area (TPSA) is 69.6 Å². The predicted molar refractivity (Wildman–Crippen MR) is 76.6 cm³/mol. The number of rotatable bonds is 3. The Labute approximate surface area is 120 Å². The maximum absolute atomic E-state index is 12.3. The van der Waals surface area contributed by atoms with Gasteiger partial charge in [-0.3, -0.25) is 0 Å². The highest BCUT2D eigenvalue weighted by atomic mass is 16.4. The molecule has 2 aliphatic rings. The molecule has 1 unspecified atom stereocenters. The van der Waals surface area contributed by atoms with Crippen LogP contribution in [-0.2, 0) is 4.79 Å². The molecule has 1 saturated heterocycles. The Bertz CT molecular complexity index is 364. The lowest BCUT2D eigenvalue weighted by atomic mass is 9.89. The van der Waals surface area contributed by atoms with Crippen molar-refractivity contribution >= 4 is 12.0 Å².